The number of carbonyl (C=O) groups excluding carboxylic acids is 2. The molecule has 0 radical (unpaired) electrons. The van der Waals surface area contributed by atoms with Crippen LogP contribution in [0.4, 0.5) is 0 Å². The van der Waals surface area contributed by atoms with Crippen LogP contribution in [0.3, 0.4) is 0 Å². The quantitative estimate of drug-likeness (QED) is 0.549. The number of carbonyl (C=O) groups is 2. The number of hydrogen-bond acceptors (Lipinski definition) is 5. The Bertz CT molecular complexity index is 303. The molecule has 0 heterocycles. The lowest BCUT2D eigenvalue weighted by atomic mass is 9.82. The van der Waals surface area contributed by atoms with Gasteiger partial charge in [0.25, 0.3) is 0 Å². The lowest BCUT2D eigenvalue weighted by Crippen LogP contribution is -2.48. The Morgan fingerprint density at radius 1 is 0.818 bits per heavy atom. The minimum atomic E-state index is -0.305. The Kier molecular flexibility index (Phi) is 10.9. The van der Waals surface area contributed by atoms with Gasteiger partial charge in [-0.25, -0.2) is 0 Å². The van der Waals surface area contributed by atoms with Gasteiger partial charge in [0.2, 0.25) is 0 Å². The van der Waals surface area contributed by atoms with Crippen LogP contribution in [0.15, 0.2) is 0 Å². The molecule has 0 N–H and O–H groups in total. The number of hydrogen-bond donors (Lipinski definition) is 0. The maximum Gasteiger partial charge on any atom is 0.310 e. The highest BCUT2D eigenvalue weighted by molar-refractivity contribution is 5.77. The Morgan fingerprint density at radius 3 is 1.41 bits per heavy atom. The molecule has 0 fully saturated rings. The summed E-state index contributed by atoms with van der Waals surface area (Å²) >= 11 is 0. The highest BCUT2D eigenvalue weighted by atomic mass is 16.5. The van der Waals surface area contributed by atoms with Gasteiger partial charge in [0.15, 0.2) is 0 Å². The van der Waals surface area contributed by atoms with Crippen LogP contribution in [0.2, 0.25) is 0 Å². The molecular weight excluding hydrogens is 282 g/mol. The number of nitrogens with zero attached hydrogens (tertiary/aromatic N) is 1. The van der Waals surface area contributed by atoms with Crippen LogP contribution in [0.25, 0.3) is 0 Å². The van der Waals surface area contributed by atoms with Gasteiger partial charge in [-0.2, -0.15) is 0 Å². The molecule has 5 nitrogen and oxygen atoms in total. The Morgan fingerprint density at radius 2 is 1.18 bits per heavy atom. The first-order valence-corrected chi connectivity index (χ1v) is 8.44. The molecule has 0 saturated heterocycles. The smallest absolute Gasteiger partial charge is 0.310 e. The van der Waals surface area contributed by atoms with E-state index in [0.717, 1.165) is 12.8 Å². The van der Waals surface area contributed by atoms with Crippen molar-refractivity contribution >= 4 is 11.9 Å². The highest BCUT2D eigenvalue weighted by Gasteiger charge is 2.39. The summed E-state index contributed by atoms with van der Waals surface area (Å²) in [6.07, 6.45) is 3.16. The topological polar surface area (TPSA) is 55.8 Å². The third kappa shape index (κ3) is 6.34. The first-order chi connectivity index (χ1) is 10.4. The molecule has 0 aromatic rings. The standard InChI is InChI=1S/C17H33NO4/c1-7-11-13(16(19)21-9-3)15(18(5)6)14(12-8-2)17(20)22-10-4/h13-15H,7-12H2,1-6H3. The molecule has 0 aliphatic rings. The lowest BCUT2D eigenvalue weighted by Gasteiger charge is -2.36. The van der Waals surface area contributed by atoms with Gasteiger partial charge in [-0.1, -0.05) is 26.7 Å². The highest BCUT2D eigenvalue weighted by Crippen LogP contribution is 2.28. The first kappa shape index (κ1) is 20.9. The lowest BCUT2D eigenvalue weighted by molar-refractivity contribution is -0.157. The largest absolute Gasteiger partial charge is 0.466 e. The van der Waals surface area contributed by atoms with E-state index in [1.54, 1.807) is 13.8 Å². The fraction of sp³-hybridized carbons (Fsp3) is 0.882. The van der Waals surface area contributed by atoms with E-state index in [1.165, 1.54) is 0 Å². The second-order valence-electron chi connectivity index (χ2n) is 5.75. The van der Waals surface area contributed by atoms with Crippen molar-refractivity contribution < 1.29 is 19.1 Å². The maximum absolute atomic E-state index is 12.4. The molecule has 0 bridgehead atoms. The van der Waals surface area contributed by atoms with Gasteiger partial charge in [-0.05, 0) is 40.8 Å². The molecule has 5 heteroatoms. The molecule has 0 aliphatic carbocycles. The monoisotopic (exact) mass is 315 g/mol. The molecule has 0 amide bonds. The van der Waals surface area contributed by atoms with Gasteiger partial charge in [-0.3, -0.25) is 9.59 Å². The molecule has 2 unspecified atom stereocenters. The molecule has 0 aromatic heterocycles. The van der Waals surface area contributed by atoms with E-state index < -0.39 is 0 Å². The summed E-state index contributed by atoms with van der Waals surface area (Å²) in [5.41, 5.74) is 0. The summed E-state index contributed by atoms with van der Waals surface area (Å²) in [4.78, 5) is 26.7. The predicted molar refractivity (Wildman–Crippen MR) is 87.5 cm³/mol. The zero-order valence-electron chi connectivity index (χ0n) is 15.1. The van der Waals surface area contributed by atoms with Crippen LogP contribution in [0, 0.1) is 11.8 Å². The molecule has 0 aromatic carbocycles. The molecule has 22 heavy (non-hydrogen) atoms. The van der Waals surface area contributed by atoms with E-state index in [2.05, 4.69) is 0 Å². The average molecular weight is 315 g/mol. The number of esters is 2. The van der Waals surface area contributed by atoms with Crippen LogP contribution >= 0.6 is 0 Å². The SMILES string of the molecule is CCCC(C(=O)OCC)C(C(CCC)C(=O)OCC)N(C)C. The van der Waals surface area contributed by atoms with Gasteiger partial charge in [0.1, 0.15) is 0 Å². The van der Waals surface area contributed by atoms with E-state index in [4.69, 9.17) is 9.47 Å². The van der Waals surface area contributed by atoms with Crippen LogP contribution < -0.4 is 0 Å². The second kappa shape index (κ2) is 11.5. The fourth-order valence-corrected chi connectivity index (χ4v) is 2.98. The normalized spacial score (nSPS) is 15.2. The van der Waals surface area contributed by atoms with Crippen molar-refractivity contribution in [1.82, 2.24) is 4.90 Å². The Hall–Kier alpha value is -1.10. The molecule has 0 rings (SSSR count). The van der Waals surface area contributed by atoms with Crippen molar-refractivity contribution in [2.75, 3.05) is 27.3 Å². The third-order valence-electron chi connectivity index (χ3n) is 3.80. The van der Waals surface area contributed by atoms with Crippen LogP contribution in [-0.4, -0.2) is 50.2 Å². The van der Waals surface area contributed by atoms with Crippen molar-refractivity contribution in [3.63, 3.8) is 0 Å². The minimum Gasteiger partial charge on any atom is -0.466 e. The molecular formula is C17H33NO4. The zero-order chi connectivity index (χ0) is 17.1. The van der Waals surface area contributed by atoms with E-state index in [1.807, 2.05) is 32.8 Å². The third-order valence-corrected chi connectivity index (χ3v) is 3.80. The van der Waals surface area contributed by atoms with Crippen molar-refractivity contribution in [3.05, 3.63) is 0 Å². The van der Waals surface area contributed by atoms with Gasteiger partial charge < -0.3 is 14.4 Å². The summed E-state index contributed by atoms with van der Waals surface area (Å²) in [5.74, 6) is -1.04. The van der Waals surface area contributed by atoms with Crippen LogP contribution in [0.1, 0.15) is 53.4 Å². The number of rotatable bonds is 11. The zero-order valence-corrected chi connectivity index (χ0v) is 15.1. The van der Waals surface area contributed by atoms with Crippen molar-refractivity contribution in [2.24, 2.45) is 11.8 Å². The van der Waals surface area contributed by atoms with Gasteiger partial charge in [0.05, 0.1) is 25.0 Å². The average Bonchev–Trinajstić information content (AvgIpc) is 2.45. The molecule has 0 saturated carbocycles. The van der Waals surface area contributed by atoms with Crippen LogP contribution in [0.5, 0.6) is 0 Å². The molecule has 0 spiro atoms. The molecule has 0 aliphatic heterocycles. The fourth-order valence-electron chi connectivity index (χ4n) is 2.98. The summed E-state index contributed by atoms with van der Waals surface area (Å²) in [6, 6.07) is -0.196. The van der Waals surface area contributed by atoms with E-state index >= 15 is 0 Å². The summed E-state index contributed by atoms with van der Waals surface area (Å²) in [7, 11) is 3.82. The Balaban J connectivity index is 5.46. The Labute approximate surface area is 135 Å². The van der Waals surface area contributed by atoms with E-state index in [0.29, 0.717) is 26.1 Å². The first-order valence-electron chi connectivity index (χ1n) is 8.44. The van der Waals surface area contributed by atoms with Crippen molar-refractivity contribution in [2.45, 2.75) is 59.4 Å². The minimum absolute atomic E-state index is 0.196. The molecule has 130 valence electrons. The van der Waals surface area contributed by atoms with Crippen molar-refractivity contribution in [3.8, 4) is 0 Å². The second-order valence-corrected chi connectivity index (χ2v) is 5.75. The van der Waals surface area contributed by atoms with E-state index in [9.17, 15) is 9.59 Å². The predicted octanol–water partition coefficient (Wildman–Crippen LogP) is 2.88. The molecule has 2 atom stereocenters. The van der Waals surface area contributed by atoms with E-state index in [-0.39, 0.29) is 29.8 Å². The summed E-state index contributed by atoms with van der Waals surface area (Å²) in [5, 5.41) is 0. The van der Waals surface area contributed by atoms with Gasteiger partial charge >= 0.3 is 11.9 Å². The number of ether oxygens (including phenoxy) is 2. The maximum atomic E-state index is 12.4. The van der Waals surface area contributed by atoms with Gasteiger partial charge in [0, 0.05) is 6.04 Å². The summed E-state index contributed by atoms with van der Waals surface area (Å²) in [6.45, 7) is 8.41. The van der Waals surface area contributed by atoms with Crippen LogP contribution in [-0.2, 0) is 19.1 Å². The van der Waals surface area contributed by atoms with Crippen molar-refractivity contribution in [1.29, 1.82) is 0 Å². The summed E-state index contributed by atoms with van der Waals surface area (Å²) < 4.78 is 10.5. The van der Waals surface area contributed by atoms with Gasteiger partial charge in [-0.15, -0.1) is 0 Å².